The van der Waals surface area contributed by atoms with Gasteiger partial charge < -0.3 is 25.1 Å². The molecule has 1 aromatic heterocycles. The minimum atomic E-state index is -1.03. The summed E-state index contributed by atoms with van der Waals surface area (Å²) in [7, 11) is 0. The van der Waals surface area contributed by atoms with Gasteiger partial charge in [-0.25, -0.2) is 0 Å². The molecule has 3 atom stereocenters. The van der Waals surface area contributed by atoms with Crippen LogP contribution in [0.2, 0.25) is 0 Å². The average Bonchev–Trinajstić information content (AvgIpc) is 3.21. The number of hydrogen-bond donors (Lipinski definition) is 3. The third-order valence-electron chi connectivity index (χ3n) is 5.01. The monoisotopic (exact) mass is 435 g/mol. The minimum Gasteiger partial charge on any atom is -0.451 e. The van der Waals surface area contributed by atoms with Crippen LogP contribution >= 0.6 is 0 Å². The van der Waals surface area contributed by atoms with E-state index >= 15 is 0 Å². The first-order chi connectivity index (χ1) is 15.4. The van der Waals surface area contributed by atoms with Crippen molar-refractivity contribution in [3.8, 4) is 0 Å². The van der Waals surface area contributed by atoms with Crippen molar-refractivity contribution in [3.63, 3.8) is 0 Å². The van der Waals surface area contributed by atoms with E-state index in [0.29, 0.717) is 5.58 Å². The summed E-state index contributed by atoms with van der Waals surface area (Å²) in [5, 5.41) is 8.40. The number of esters is 1. The van der Waals surface area contributed by atoms with Crippen molar-refractivity contribution in [1.82, 2.24) is 16.0 Å². The third-order valence-corrected chi connectivity index (χ3v) is 5.01. The van der Waals surface area contributed by atoms with E-state index < -0.39 is 42.0 Å². The number of furan rings is 1. The SMILES string of the molecule is CC(=O)O[C@@H]1NC(=O)[C@H]1NC(=O)[C@H](Cc1ccccc1)NC(=O)c1cc2ccccc2o1. The van der Waals surface area contributed by atoms with Crippen molar-refractivity contribution >= 4 is 34.7 Å². The maximum Gasteiger partial charge on any atom is 0.304 e. The molecule has 3 N–H and O–H groups in total. The fourth-order valence-corrected chi connectivity index (χ4v) is 3.41. The zero-order valence-electron chi connectivity index (χ0n) is 17.2. The van der Waals surface area contributed by atoms with Gasteiger partial charge >= 0.3 is 5.97 Å². The number of amides is 3. The summed E-state index contributed by atoms with van der Waals surface area (Å²) in [5.74, 6) is -2.15. The predicted octanol–water partition coefficient (Wildman–Crippen LogP) is 1.28. The van der Waals surface area contributed by atoms with Crippen molar-refractivity contribution in [1.29, 1.82) is 0 Å². The molecule has 2 aromatic carbocycles. The molecule has 0 bridgehead atoms. The number of para-hydroxylation sites is 1. The maximum atomic E-state index is 13.0. The molecule has 1 fully saturated rings. The predicted molar refractivity (Wildman–Crippen MR) is 113 cm³/mol. The van der Waals surface area contributed by atoms with E-state index in [1.165, 1.54) is 6.92 Å². The molecule has 164 valence electrons. The molecule has 3 amide bonds. The summed E-state index contributed by atoms with van der Waals surface area (Å²) in [6, 6.07) is 15.9. The second kappa shape index (κ2) is 8.93. The van der Waals surface area contributed by atoms with E-state index in [2.05, 4.69) is 16.0 Å². The van der Waals surface area contributed by atoms with Crippen LogP contribution in [-0.2, 0) is 25.5 Å². The van der Waals surface area contributed by atoms with Gasteiger partial charge in [-0.05, 0) is 17.7 Å². The molecule has 0 spiro atoms. The molecule has 1 aliphatic heterocycles. The fraction of sp³-hybridized carbons (Fsp3) is 0.217. The molecule has 2 heterocycles. The van der Waals surface area contributed by atoms with Crippen molar-refractivity contribution in [2.24, 2.45) is 0 Å². The Labute approximate surface area is 183 Å². The Hall–Kier alpha value is -4.14. The van der Waals surface area contributed by atoms with Crippen molar-refractivity contribution in [3.05, 3.63) is 72.0 Å². The molecule has 9 nitrogen and oxygen atoms in total. The summed E-state index contributed by atoms with van der Waals surface area (Å²) in [5.41, 5.74) is 1.37. The average molecular weight is 435 g/mol. The van der Waals surface area contributed by atoms with Crippen molar-refractivity contribution in [2.45, 2.75) is 31.7 Å². The Morgan fingerprint density at radius 2 is 1.81 bits per heavy atom. The number of benzene rings is 2. The van der Waals surface area contributed by atoms with E-state index in [9.17, 15) is 19.2 Å². The Morgan fingerprint density at radius 3 is 2.50 bits per heavy atom. The van der Waals surface area contributed by atoms with Gasteiger partial charge in [-0.3, -0.25) is 19.2 Å². The highest BCUT2D eigenvalue weighted by Crippen LogP contribution is 2.19. The Balaban J connectivity index is 1.51. The molecule has 9 heteroatoms. The van der Waals surface area contributed by atoms with Crippen LogP contribution in [0.25, 0.3) is 11.0 Å². The van der Waals surface area contributed by atoms with Crippen LogP contribution < -0.4 is 16.0 Å². The molecule has 0 radical (unpaired) electrons. The second-order valence-electron chi connectivity index (χ2n) is 7.39. The summed E-state index contributed by atoms with van der Waals surface area (Å²) in [4.78, 5) is 48.9. The highest BCUT2D eigenvalue weighted by atomic mass is 16.6. The van der Waals surface area contributed by atoms with Crippen LogP contribution in [0.15, 0.2) is 65.1 Å². The van der Waals surface area contributed by atoms with Gasteiger partial charge in [0.05, 0.1) is 0 Å². The summed E-state index contributed by atoms with van der Waals surface area (Å²) in [6.45, 7) is 1.20. The van der Waals surface area contributed by atoms with Gasteiger partial charge in [0.1, 0.15) is 11.6 Å². The van der Waals surface area contributed by atoms with Gasteiger partial charge in [-0.15, -0.1) is 0 Å². The van der Waals surface area contributed by atoms with Crippen LogP contribution in [0.5, 0.6) is 0 Å². The topological polar surface area (TPSA) is 127 Å². The second-order valence-corrected chi connectivity index (χ2v) is 7.39. The normalized spacial score (nSPS) is 18.2. The van der Waals surface area contributed by atoms with E-state index in [1.54, 1.807) is 18.2 Å². The number of rotatable bonds is 7. The molecule has 1 saturated heterocycles. The quantitative estimate of drug-likeness (QED) is 0.379. The number of ether oxygens (including phenoxy) is 1. The van der Waals surface area contributed by atoms with Crippen LogP contribution in [0.3, 0.4) is 0 Å². The molecule has 0 saturated carbocycles. The lowest BCUT2D eigenvalue weighted by Gasteiger charge is -2.36. The number of hydrogen-bond acceptors (Lipinski definition) is 6. The number of carbonyl (C=O) groups is 4. The molecule has 3 aromatic rings. The lowest BCUT2D eigenvalue weighted by Crippen LogP contribution is -2.71. The van der Waals surface area contributed by atoms with Gasteiger partial charge in [0.15, 0.2) is 11.8 Å². The minimum absolute atomic E-state index is 0.0660. The molecule has 0 unspecified atom stereocenters. The van der Waals surface area contributed by atoms with Crippen molar-refractivity contribution < 1.29 is 28.3 Å². The van der Waals surface area contributed by atoms with E-state index in [-0.39, 0.29) is 12.2 Å². The number of nitrogens with one attached hydrogen (secondary N) is 3. The van der Waals surface area contributed by atoms with E-state index in [1.807, 2.05) is 42.5 Å². The van der Waals surface area contributed by atoms with E-state index in [0.717, 1.165) is 10.9 Å². The van der Waals surface area contributed by atoms with Crippen LogP contribution in [-0.4, -0.2) is 42.0 Å². The smallest absolute Gasteiger partial charge is 0.304 e. The summed E-state index contributed by atoms with van der Waals surface area (Å²) in [6.07, 6.45) is -0.766. The van der Waals surface area contributed by atoms with Crippen LogP contribution in [0.1, 0.15) is 23.0 Å². The first-order valence-electron chi connectivity index (χ1n) is 10.0. The van der Waals surface area contributed by atoms with Gasteiger partial charge in [0.2, 0.25) is 12.1 Å². The summed E-state index contributed by atoms with van der Waals surface area (Å²) < 4.78 is 10.6. The first-order valence-corrected chi connectivity index (χ1v) is 10.0. The first kappa shape index (κ1) is 21.1. The van der Waals surface area contributed by atoms with Gasteiger partial charge in [0.25, 0.3) is 11.8 Å². The van der Waals surface area contributed by atoms with Crippen LogP contribution in [0, 0.1) is 0 Å². The lowest BCUT2D eigenvalue weighted by molar-refractivity contribution is -0.164. The van der Waals surface area contributed by atoms with Gasteiger partial charge in [-0.2, -0.15) is 0 Å². The molecule has 1 aliphatic rings. The molecule has 0 aliphatic carbocycles. The number of carbonyl (C=O) groups excluding carboxylic acids is 4. The lowest BCUT2D eigenvalue weighted by atomic mass is 10.0. The number of β-lactam (4-membered cyclic amide) rings is 1. The van der Waals surface area contributed by atoms with E-state index in [4.69, 9.17) is 9.15 Å². The van der Waals surface area contributed by atoms with Crippen LogP contribution in [0.4, 0.5) is 0 Å². The summed E-state index contributed by atoms with van der Waals surface area (Å²) >= 11 is 0. The molecule has 32 heavy (non-hydrogen) atoms. The zero-order valence-corrected chi connectivity index (χ0v) is 17.2. The van der Waals surface area contributed by atoms with Gasteiger partial charge in [-0.1, -0.05) is 48.5 Å². The zero-order chi connectivity index (χ0) is 22.7. The Kier molecular flexibility index (Phi) is 5.89. The third kappa shape index (κ3) is 4.61. The molecular formula is C23H21N3O6. The highest BCUT2D eigenvalue weighted by Gasteiger charge is 2.44. The Bertz CT molecular complexity index is 1140. The Morgan fingerprint density at radius 1 is 1.09 bits per heavy atom. The van der Waals surface area contributed by atoms with Crippen molar-refractivity contribution in [2.75, 3.05) is 0 Å². The standard InChI is InChI=1S/C23H21N3O6/c1-13(27)31-23-19(22(30)26-23)25-20(28)16(11-14-7-3-2-4-8-14)24-21(29)18-12-15-9-5-6-10-17(15)32-18/h2-10,12,16,19,23H,11H2,1H3,(H,24,29)(H,25,28)(H,26,30)/t16-,19+,23-/m0/s1. The van der Waals surface area contributed by atoms with Gasteiger partial charge in [0, 0.05) is 18.7 Å². The maximum absolute atomic E-state index is 13.0. The number of fused-ring (bicyclic) bond motifs is 1. The largest absolute Gasteiger partial charge is 0.451 e. The molecular weight excluding hydrogens is 414 g/mol. The highest BCUT2D eigenvalue weighted by molar-refractivity contribution is 6.00. The fourth-order valence-electron chi connectivity index (χ4n) is 3.41. The molecule has 4 rings (SSSR count).